The third-order valence-electron chi connectivity index (χ3n) is 5.39. The van der Waals surface area contributed by atoms with Crippen LogP contribution >= 0.6 is 0 Å². The van der Waals surface area contributed by atoms with Crippen LogP contribution in [0.4, 0.5) is 5.82 Å². The molecule has 0 unspecified atom stereocenters. The molecule has 0 bridgehead atoms. The second-order valence-electron chi connectivity index (χ2n) is 7.38. The van der Waals surface area contributed by atoms with E-state index in [1.165, 1.54) is 11.1 Å². The van der Waals surface area contributed by atoms with E-state index >= 15 is 0 Å². The van der Waals surface area contributed by atoms with Crippen LogP contribution in [0.15, 0.2) is 36.7 Å². The second kappa shape index (κ2) is 7.10. The minimum atomic E-state index is -0.145. The number of aromatic nitrogens is 2. The second-order valence-corrected chi connectivity index (χ2v) is 7.38. The smallest absolute Gasteiger partial charge is 0.132 e. The van der Waals surface area contributed by atoms with Gasteiger partial charge in [0.1, 0.15) is 12.1 Å². The van der Waals surface area contributed by atoms with Crippen molar-refractivity contribution in [3.8, 4) is 0 Å². The lowest BCUT2D eigenvalue weighted by molar-refractivity contribution is 0.0732. The highest BCUT2D eigenvalue weighted by atomic mass is 16.3. The third kappa shape index (κ3) is 3.83. The van der Waals surface area contributed by atoms with Crippen molar-refractivity contribution < 1.29 is 5.11 Å². The first-order valence-corrected chi connectivity index (χ1v) is 9.20. The molecule has 1 aromatic heterocycles. The molecular formula is C20H26N4O. The van der Waals surface area contributed by atoms with E-state index in [0.29, 0.717) is 5.92 Å². The average Bonchev–Trinajstić information content (AvgIpc) is 2.60. The zero-order valence-electron chi connectivity index (χ0n) is 14.8. The van der Waals surface area contributed by atoms with Crippen molar-refractivity contribution in [1.82, 2.24) is 14.9 Å². The van der Waals surface area contributed by atoms with Crippen LogP contribution in [-0.4, -0.2) is 52.3 Å². The number of benzene rings is 1. The zero-order valence-corrected chi connectivity index (χ0v) is 14.8. The van der Waals surface area contributed by atoms with Crippen LogP contribution in [0.1, 0.15) is 35.6 Å². The van der Waals surface area contributed by atoms with Crippen LogP contribution in [-0.2, 0) is 6.54 Å². The maximum atomic E-state index is 9.51. The lowest BCUT2D eigenvalue weighted by atomic mass is 9.80. The predicted molar refractivity (Wildman–Crippen MR) is 98.7 cm³/mol. The van der Waals surface area contributed by atoms with Crippen molar-refractivity contribution in [1.29, 1.82) is 0 Å². The first-order valence-electron chi connectivity index (χ1n) is 9.20. The molecule has 25 heavy (non-hydrogen) atoms. The van der Waals surface area contributed by atoms with Gasteiger partial charge in [0, 0.05) is 50.4 Å². The summed E-state index contributed by atoms with van der Waals surface area (Å²) in [6.45, 7) is 7.26. The molecule has 2 fully saturated rings. The fourth-order valence-corrected chi connectivity index (χ4v) is 3.79. The molecule has 2 aromatic rings. The largest absolute Gasteiger partial charge is 0.393 e. The molecule has 2 heterocycles. The third-order valence-corrected chi connectivity index (χ3v) is 5.39. The number of hydrogen-bond donors (Lipinski definition) is 1. The van der Waals surface area contributed by atoms with Crippen LogP contribution in [0, 0.1) is 6.92 Å². The van der Waals surface area contributed by atoms with Gasteiger partial charge < -0.3 is 10.0 Å². The van der Waals surface area contributed by atoms with Crippen LogP contribution < -0.4 is 4.90 Å². The maximum absolute atomic E-state index is 9.51. The summed E-state index contributed by atoms with van der Waals surface area (Å²) in [6.07, 6.45) is 3.20. The van der Waals surface area contributed by atoms with Crippen LogP contribution in [0.25, 0.3) is 0 Å². The number of nitrogens with zero attached hydrogens (tertiary/aromatic N) is 4. The van der Waals surface area contributed by atoms with E-state index in [4.69, 9.17) is 0 Å². The highest BCUT2D eigenvalue weighted by Gasteiger charge is 2.30. The Hall–Kier alpha value is -1.98. The molecule has 1 aliphatic heterocycles. The molecule has 5 heteroatoms. The number of aryl methyl sites for hydroxylation is 1. The molecule has 1 saturated heterocycles. The lowest BCUT2D eigenvalue weighted by Crippen LogP contribution is -2.46. The molecule has 1 saturated carbocycles. The Kier molecular flexibility index (Phi) is 4.68. The van der Waals surface area contributed by atoms with Gasteiger partial charge in [0.25, 0.3) is 0 Å². The summed E-state index contributed by atoms with van der Waals surface area (Å²) in [5.41, 5.74) is 3.80. The van der Waals surface area contributed by atoms with Gasteiger partial charge in [0.05, 0.1) is 6.10 Å². The van der Waals surface area contributed by atoms with E-state index in [2.05, 4.69) is 57.0 Å². The van der Waals surface area contributed by atoms with Crippen molar-refractivity contribution in [3.63, 3.8) is 0 Å². The van der Waals surface area contributed by atoms with E-state index in [1.54, 1.807) is 6.33 Å². The number of piperazine rings is 1. The van der Waals surface area contributed by atoms with Crippen LogP contribution in [0.3, 0.4) is 0 Å². The van der Waals surface area contributed by atoms with Gasteiger partial charge in [-0.25, -0.2) is 9.97 Å². The lowest BCUT2D eigenvalue weighted by Gasteiger charge is -2.36. The minimum Gasteiger partial charge on any atom is -0.393 e. The van der Waals surface area contributed by atoms with Crippen LogP contribution in [0.5, 0.6) is 0 Å². The Morgan fingerprint density at radius 2 is 1.88 bits per heavy atom. The summed E-state index contributed by atoms with van der Waals surface area (Å²) in [4.78, 5) is 13.8. The Bertz CT molecular complexity index is 721. The molecule has 4 rings (SSSR count). The Balaban J connectivity index is 1.35. The number of aliphatic hydroxyl groups excluding tert-OH is 1. The number of hydrogen-bond acceptors (Lipinski definition) is 5. The SMILES string of the molecule is Cc1cccc(CN2CCN(c3cc(C4CC(O)C4)ncn3)CC2)c1. The molecule has 1 N–H and O–H groups in total. The standard InChI is InChI=1S/C20H26N4O/c1-15-3-2-4-16(9-15)13-23-5-7-24(8-6-23)20-12-19(21-14-22-20)17-10-18(25)11-17/h2-4,9,12,14,17-18,25H,5-8,10-11,13H2,1H3. The van der Waals surface area contributed by atoms with Gasteiger partial charge >= 0.3 is 0 Å². The Labute approximate surface area is 149 Å². The van der Waals surface area contributed by atoms with E-state index in [-0.39, 0.29) is 6.10 Å². The highest BCUT2D eigenvalue weighted by Crippen LogP contribution is 2.36. The molecule has 0 atom stereocenters. The van der Waals surface area contributed by atoms with E-state index in [0.717, 1.165) is 57.1 Å². The molecular weight excluding hydrogens is 312 g/mol. The molecule has 1 aromatic carbocycles. The van der Waals surface area contributed by atoms with Gasteiger partial charge in [0.15, 0.2) is 0 Å². The first-order chi connectivity index (χ1) is 12.2. The summed E-state index contributed by atoms with van der Waals surface area (Å²) in [6, 6.07) is 10.9. The van der Waals surface area contributed by atoms with Crippen molar-refractivity contribution in [2.45, 2.75) is 38.3 Å². The summed E-state index contributed by atoms with van der Waals surface area (Å²) >= 11 is 0. The van der Waals surface area contributed by atoms with Crippen molar-refractivity contribution in [2.24, 2.45) is 0 Å². The quantitative estimate of drug-likeness (QED) is 0.927. The van der Waals surface area contributed by atoms with Crippen molar-refractivity contribution in [2.75, 3.05) is 31.1 Å². The van der Waals surface area contributed by atoms with Gasteiger partial charge in [-0.2, -0.15) is 0 Å². The molecule has 1 aliphatic carbocycles. The minimum absolute atomic E-state index is 0.145. The summed E-state index contributed by atoms with van der Waals surface area (Å²) in [5, 5.41) is 9.51. The molecule has 2 aliphatic rings. The number of anilines is 1. The van der Waals surface area contributed by atoms with Gasteiger partial charge in [-0.3, -0.25) is 4.90 Å². The molecule has 5 nitrogen and oxygen atoms in total. The van der Waals surface area contributed by atoms with Gasteiger partial charge in [-0.15, -0.1) is 0 Å². The topological polar surface area (TPSA) is 52.5 Å². The first kappa shape index (κ1) is 16.5. The van der Waals surface area contributed by atoms with Gasteiger partial charge in [-0.05, 0) is 25.3 Å². The molecule has 132 valence electrons. The Morgan fingerprint density at radius 1 is 1.08 bits per heavy atom. The molecule has 0 spiro atoms. The average molecular weight is 338 g/mol. The number of aliphatic hydroxyl groups is 1. The van der Waals surface area contributed by atoms with Gasteiger partial charge in [-0.1, -0.05) is 29.8 Å². The maximum Gasteiger partial charge on any atom is 0.132 e. The van der Waals surface area contributed by atoms with Gasteiger partial charge in [0.2, 0.25) is 0 Å². The number of rotatable bonds is 4. The summed E-state index contributed by atoms with van der Waals surface area (Å²) in [7, 11) is 0. The van der Waals surface area contributed by atoms with E-state index in [1.807, 2.05) is 0 Å². The molecule has 0 amide bonds. The summed E-state index contributed by atoms with van der Waals surface area (Å²) < 4.78 is 0. The van der Waals surface area contributed by atoms with E-state index in [9.17, 15) is 5.11 Å². The van der Waals surface area contributed by atoms with Crippen molar-refractivity contribution >= 4 is 5.82 Å². The predicted octanol–water partition coefficient (Wildman–Crippen LogP) is 2.35. The summed E-state index contributed by atoms with van der Waals surface area (Å²) in [5.74, 6) is 1.43. The van der Waals surface area contributed by atoms with Crippen molar-refractivity contribution in [3.05, 3.63) is 53.5 Å². The fourth-order valence-electron chi connectivity index (χ4n) is 3.79. The van der Waals surface area contributed by atoms with E-state index < -0.39 is 0 Å². The normalized spacial score (nSPS) is 24.2. The zero-order chi connectivity index (χ0) is 17.2. The highest BCUT2D eigenvalue weighted by molar-refractivity contribution is 5.40. The fraction of sp³-hybridized carbons (Fsp3) is 0.500. The van der Waals surface area contributed by atoms with Crippen LogP contribution in [0.2, 0.25) is 0 Å². The Morgan fingerprint density at radius 3 is 2.60 bits per heavy atom. The molecule has 0 radical (unpaired) electrons. The monoisotopic (exact) mass is 338 g/mol.